The zero-order valence-electron chi connectivity index (χ0n) is 9.05. The van der Waals surface area contributed by atoms with Crippen molar-refractivity contribution in [1.82, 2.24) is 21.5 Å². The Morgan fingerprint density at radius 3 is 2.71 bits per heavy atom. The van der Waals surface area contributed by atoms with Crippen LogP contribution in [0.5, 0.6) is 0 Å². The van der Waals surface area contributed by atoms with Crippen LogP contribution in [0.3, 0.4) is 0 Å². The monoisotopic (exact) mass is 234 g/mol. The Bertz CT molecular complexity index is 424. The van der Waals surface area contributed by atoms with Crippen LogP contribution >= 0.6 is 0 Å². The first-order valence-electron chi connectivity index (χ1n) is 5.43. The second-order valence-electron chi connectivity index (χ2n) is 4.04. The number of nitrogens with one attached hydrogen (secondary N) is 4. The van der Waals surface area contributed by atoms with Crippen molar-refractivity contribution in [3.8, 4) is 0 Å². The largest absolute Gasteiger partial charge is 0.327 e. The summed E-state index contributed by atoms with van der Waals surface area (Å²) in [7, 11) is 0. The van der Waals surface area contributed by atoms with E-state index in [0.717, 1.165) is 5.69 Å². The highest BCUT2D eigenvalue weighted by Crippen LogP contribution is 2.15. The van der Waals surface area contributed by atoms with E-state index in [9.17, 15) is 4.79 Å². The van der Waals surface area contributed by atoms with Gasteiger partial charge in [-0.15, -0.1) is 0 Å². The van der Waals surface area contributed by atoms with Crippen molar-refractivity contribution in [3.05, 3.63) is 30.3 Å². The lowest BCUT2D eigenvalue weighted by molar-refractivity contribution is -0.126. The molecule has 6 N–H and O–H groups in total. The van der Waals surface area contributed by atoms with Crippen LogP contribution in [0.15, 0.2) is 30.3 Å². The molecule has 2 saturated heterocycles. The van der Waals surface area contributed by atoms with E-state index in [-0.39, 0.29) is 18.1 Å². The number of nitrogens with two attached hydrogens (primary N) is 1. The number of hydrazine groups is 2. The highest BCUT2D eigenvalue weighted by atomic mass is 16.2. The third kappa shape index (κ3) is 1.85. The molecule has 2 aliphatic rings. The Balaban J connectivity index is 1.79. The number of hydrogen-bond acceptors (Lipinski definition) is 6. The summed E-state index contributed by atoms with van der Waals surface area (Å²) < 4.78 is 0. The summed E-state index contributed by atoms with van der Waals surface area (Å²) in [6, 6.07) is 9.31. The molecule has 17 heavy (non-hydrogen) atoms. The molecule has 2 fully saturated rings. The lowest BCUT2D eigenvalue weighted by atomic mass is 10.2. The molecule has 0 saturated carbocycles. The Morgan fingerprint density at radius 1 is 1.18 bits per heavy atom. The molecule has 7 heteroatoms. The molecule has 3 atom stereocenters. The Morgan fingerprint density at radius 2 is 1.94 bits per heavy atom. The zero-order valence-corrected chi connectivity index (χ0v) is 9.05. The standard InChI is InChI=1S/C10H14N6O/c11-10-12-8-7(9(17)13-10)14-16(15-8)6-4-2-1-3-5-6/h1-5,7-8,10,12,14-15H,11H2,(H,13,17). The van der Waals surface area contributed by atoms with Crippen LogP contribution in [-0.4, -0.2) is 24.4 Å². The maximum absolute atomic E-state index is 11.7. The number of para-hydroxylation sites is 1. The van der Waals surface area contributed by atoms with E-state index in [1.165, 1.54) is 0 Å². The van der Waals surface area contributed by atoms with Gasteiger partial charge in [0.2, 0.25) is 5.91 Å². The van der Waals surface area contributed by atoms with E-state index >= 15 is 0 Å². The van der Waals surface area contributed by atoms with Gasteiger partial charge in [0.05, 0.1) is 5.69 Å². The molecule has 0 aromatic heterocycles. The van der Waals surface area contributed by atoms with Crippen LogP contribution in [-0.2, 0) is 4.79 Å². The van der Waals surface area contributed by atoms with Crippen LogP contribution in [0.1, 0.15) is 0 Å². The van der Waals surface area contributed by atoms with Crippen LogP contribution < -0.4 is 32.3 Å². The third-order valence-corrected chi connectivity index (χ3v) is 2.82. The van der Waals surface area contributed by atoms with Gasteiger partial charge >= 0.3 is 0 Å². The first kappa shape index (κ1) is 10.5. The number of carbonyl (C=O) groups excluding carboxylic acids is 1. The SMILES string of the molecule is NC1NC(=O)C2NN(c3ccccc3)NC2N1. The van der Waals surface area contributed by atoms with Gasteiger partial charge in [0, 0.05) is 0 Å². The minimum Gasteiger partial charge on any atom is -0.327 e. The van der Waals surface area contributed by atoms with E-state index in [1.54, 1.807) is 5.12 Å². The van der Waals surface area contributed by atoms with Gasteiger partial charge in [0.15, 0.2) is 0 Å². The molecule has 1 amide bonds. The van der Waals surface area contributed by atoms with Crippen molar-refractivity contribution in [3.63, 3.8) is 0 Å². The molecular weight excluding hydrogens is 220 g/mol. The quantitative estimate of drug-likeness (QED) is 0.392. The van der Waals surface area contributed by atoms with Crippen LogP contribution in [0, 0.1) is 0 Å². The van der Waals surface area contributed by atoms with Gasteiger partial charge in [-0.1, -0.05) is 18.2 Å². The van der Waals surface area contributed by atoms with Crippen molar-refractivity contribution < 1.29 is 4.79 Å². The van der Waals surface area contributed by atoms with Crippen molar-refractivity contribution in [2.45, 2.75) is 18.5 Å². The molecule has 3 unspecified atom stereocenters. The molecule has 7 nitrogen and oxygen atoms in total. The van der Waals surface area contributed by atoms with Gasteiger partial charge in [-0.2, -0.15) is 5.43 Å². The van der Waals surface area contributed by atoms with E-state index < -0.39 is 6.29 Å². The van der Waals surface area contributed by atoms with Crippen molar-refractivity contribution in [2.75, 3.05) is 5.12 Å². The molecule has 90 valence electrons. The number of benzene rings is 1. The zero-order chi connectivity index (χ0) is 11.8. The number of nitrogens with zero attached hydrogens (tertiary/aromatic N) is 1. The van der Waals surface area contributed by atoms with E-state index in [4.69, 9.17) is 5.73 Å². The summed E-state index contributed by atoms with van der Waals surface area (Å²) in [5.74, 6) is -0.118. The Kier molecular flexibility index (Phi) is 2.45. The number of fused-ring (bicyclic) bond motifs is 1. The lowest BCUT2D eigenvalue weighted by Gasteiger charge is -2.29. The highest BCUT2D eigenvalue weighted by Gasteiger charge is 2.41. The number of amides is 1. The van der Waals surface area contributed by atoms with Gasteiger partial charge in [-0.3, -0.25) is 15.8 Å². The van der Waals surface area contributed by atoms with Crippen molar-refractivity contribution in [1.29, 1.82) is 0 Å². The van der Waals surface area contributed by atoms with Crippen LogP contribution in [0.2, 0.25) is 0 Å². The number of hydrogen-bond donors (Lipinski definition) is 5. The van der Waals surface area contributed by atoms with E-state index in [2.05, 4.69) is 21.5 Å². The fourth-order valence-corrected chi connectivity index (χ4v) is 2.01. The molecule has 2 aliphatic heterocycles. The Hall–Kier alpha value is -1.67. The summed E-state index contributed by atoms with van der Waals surface area (Å²) in [5, 5.41) is 7.38. The summed E-state index contributed by atoms with van der Waals surface area (Å²) in [4.78, 5) is 11.7. The third-order valence-electron chi connectivity index (χ3n) is 2.82. The second kappa shape index (κ2) is 3.97. The van der Waals surface area contributed by atoms with Crippen molar-refractivity contribution in [2.24, 2.45) is 5.73 Å². The molecular formula is C10H14N6O. The number of rotatable bonds is 1. The molecule has 3 rings (SSSR count). The number of anilines is 1. The molecule has 0 radical (unpaired) electrons. The minimum absolute atomic E-state index is 0.118. The molecule has 2 heterocycles. The molecule has 1 aromatic rings. The van der Waals surface area contributed by atoms with Crippen LogP contribution in [0.4, 0.5) is 5.69 Å². The highest BCUT2D eigenvalue weighted by molar-refractivity contribution is 5.84. The van der Waals surface area contributed by atoms with Gasteiger partial charge in [0.1, 0.15) is 18.5 Å². The van der Waals surface area contributed by atoms with E-state index in [0.29, 0.717) is 0 Å². The lowest BCUT2D eigenvalue weighted by Crippen LogP contribution is -2.69. The van der Waals surface area contributed by atoms with Gasteiger partial charge in [0.25, 0.3) is 0 Å². The first-order valence-corrected chi connectivity index (χ1v) is 5.43. The first-order chi connectivity index (χ1) is 8.24. The predicted octanol–water partition coefficient (Wildman–Crippen LogP) is -1.83. The molecule has 0 aliphatic carbocycles. The topological polar surface area (TPSA) is 94.4 Å². The average molecular weight is 234 g/mol. The summed E-state index contributed by atoms with van der Waals surface area (Å²) in [5.41, 5.74) is 12.8. The second-order valence-corrected chi connectivity index (χ2v) is 4.04. The fraction of sp³-hybridized carbons (Fsp3) is 0.300. The summed E-state index contributed by atoms with van der Waals surface area (Å²) in [6.07, 6.45) is -0.729. The normalized spacial score (nSPS) is 32.2. The predicted molar refractivity (Wildman–Crippen MR) is 62.0 cm³/mol. The maximum Gasteiger partial charge on any atom is 0.244 e. The maximum atomic E-state index is 11.7. The summed E-state index contributed by atoms with van der Waals surface area (Å²) in [6.45, 7) is 0. The minimum atomic E-state index is -0.520. The van der Waals surface area contributed by atoms with E-state index in [1.807, 2.05) is 30.3 Å². The average Bonchev–Trinajstić information content (AvgIpc) is 2.74. The van der Waals surface area contributed by atoms with Gasteiger partial charge in [-0.05, 0) is 12.1 Å². The Labute approximate surface area is 98.3 Å². The smallest absolute Gasteiger partial charge is 0.244 e. The van der Waals surface area contributed by atoms with Crippen molar-refractivity contribution >= 4 is 11.6 Å². The molecule has 0 bridgehead atoms. The fourth-order valence-electron chi connectivity index (χ4n) is 2.01. The summed E-state index contributed by atoms with van der Waals surface area (Å²) >= 11 is 0. The van der Waals surface area contributed by atoms with Gasteiger partial charge in [-0.25, -0.2) is 10.5 Å². The molecule has 0 spiro atoms. The molecule has 1 aromatic carbocycles. The van der Waals surface area contributed by atoms with Gasteiger partial charge < -0.3 is 5.32 Å². The number of carbonyl (C=O) groups is 1. The van der Waals surface area contributed by atoms with Crippen LogP contribution in [0.25, 0.3) is 0 Å².